The van der Waals surface area contributed by atoms with Crippen molar-refractivity contribution in [2.75, 3.05) is 13.2 Å². The number of benzene rings is 3. The van der Waals surface area contributed by atoms with E-state index < -0.39 is 5.91 Å². The summed E-state index contributed by atoms with van der Waals surface area (Å²) < 4.78 is 11.7. The van der Waals surface area contributed by atoms with E-state index in [-0.39, 0.29) is 11.4 Å². The van der Waals surface area contributed by atoms with Crippen molar-refractivity contribution in [1.82, 2.24) is 5.01 Å². The highest BCUT2D eigenvalue weighted by Gasteiger charge is 2.36. The summed E-state index contributed by atoms with van der Waals surface area (Å²) in [6, 6.07) is 23.7. The van der Waals surface area contributed by atoms with Crippen LogP contribution in [-0.2, 0) is 11.2 Å². The highest BCUT2D eigenvalue weighted by atomic mass is 32.2. The zero-order chi connectivity index (χ0) is 28.6. The first-order valence-corrected chi connectivity index (χ1v) is 14.8. The van der Waals surface area contributed by atoms with Crippen LogP contribution in [0.25, 0.3) is 6.08 Å². The lowest BCUT2D eigenvalue weighted by atomic mass is 10.1. The Balaban J connectivity index is 1.16. The topological polar surface area (TPSA) is 87.3 Å². The Labute approximate surface area is 245 Å². The molecule has 2 aliphatic rings. The SMILES string of the molecule is CCCCCCc1ccc(OCCOc2cccc(/C=C3/C(=N)N4N=C(c5ccc(C)cc5)SC4=NC3=O)c2)cc1. The molecule has 0 radical (unpaired) electrons. The number of hydrogen-bond acceptors (Lipinski definition) is 6. The van der Waals surface area contributed by atoms with E-state index in [1.165, 1.54) is 48.0 Å². The minimum absolute atomic E-state index is 0.00121. The van der Waals surface area contributed by atoms with E-state index >= 15 is 0 Å². The molecule has 3 aromatic carbocycles. The molecule has 7 nitrogen and oxygen atoms in total. The molecule has 0 fully saturated rings. The number of ether oxygens (including phenoxy) is 2. The molecule has 210 valence electrons. The van der Waals surface area contributed by atoms with Gasteiger partial charge in [0.25, 0.3) is 5.91 Å². The van der Waals surface area contributed by atoms with Crippen LogP contribution < -0.4 is 9.47 Å². The third-order valence-corrected chi connectivity index (χ3v) is 7.74. The number of carbonyl (C=O) groups is 1. The van der Waals surface area contributed by atoms with Gasteiger partial charge in [0, 0.05) is 5.56 Å². The lowest BCUT2D eigenvalue weighted by molar-refractivity contribution is -0.114. The summed E-state index contributed by atoms with van der Waals surface area (Å²) in [5, 5.41) is 15.7. The van der Waals surface area contributed by atoms with Crippen molar-refractivity contribution in [1.29, 1.82) is 5.41 Å². The smallest absolute Gasteiger partial charge is 0.283 e. The number of hydrazone groups is 1. The number of hydrogen-bond donors (Lipinski definition) is 1. The number of unbranched alkanes of at least 4 members (excludes halogenated alkanes) is 3. The van der Waals surface area contributed by atoms with E-state index in [4.69, 9.17) is 14.9 Å². The maximum absolute atomic E-state index is 12.8. The van der Waals surface area contributed by atoms with E-state index in [1.54, 1.807) is 6.08 Å². The largest absolute Gasteiger partial charge is 0.490 e. The molecule has 5 rings (SSSR count). The number of nitrogens with one attached hydrogen (secondary N) is 1. The number of aliphatic imine (C=N–C) groups is 1. The summed E-state index contributed by atoms with van der Waals surface area (Å²) in [7, 11) is 0. The third kappa shape index (κ3) is 7.32. The van der Waals surface area contributed by atoms with Gasteiger partial charge in [0.1, 0.15) is 29.8 Å². The fourth-order valence-corrected chi connectivity index (χ4v) is 5.39. The number of nitrogens with zero attached hydrogens (tertiary/aromatic N) is 3. The van der Waals surface area contributed by atoms with Crippen molar-refractivity contribution in [3.8, 4) is 11.5 Å². The molecule has 0 saturated carbocycles. The molecule has 2 heterocycles. The number of aryl methyl sites for hydroxylation is 2. The van der Waals surface area contributed by atoms with Crippen molar-refractivity contribution < 1.29 is 14.3 Å². The molecule has 0 bridgehead atoms. The summed E-state index contributed by atoms with van der Waals surface area (Å²) in [5.41, 5.74) is 4.32. The average Bonchev–Trinajstić information content (AvgIpc) is 3.41. The average molecular weight is 567 g/mol. The monoisotopic (exact) mass is 566 g/mol. The fourth-order valence-electron chi connectivity index (χ4n) is 4.49. The number of amidine groups is 2. The predicted molar refractivity (Wildman–Crippen MR) is 167 cm³/mol. The van der Waals surface area contributed by atoms with Crippen LogP contribution in [-0.4, -0.2) is 40.2 Å². The molecular weight excluding hydrogens is 532 g/mol. The maximum Gasteiger partial charge on any atom is 0.283 e. The first-order chi connectivity index (χ1) is 20.0. The third-order valence-electron chi connectivity index (χ3n) is 6.79. The Morgan fingerprint density at radius 3 is 2.44 bits per heavy atom. The lowest BCUT2D eigenvalue weighted by Gasteiger charge is -2.20. The number of carbonyl (C=O) groups excluding carboxylic acids is 1. The zero-order valence-electron chi connectivity index (χ0n) is 23.4. The van der Waals surface area contributed by atoms with Crippen LogP contribution in [0.4, 0.5) is 0 Å². The Hall–Kier alpha value is -4.17. The molecule has 8 heteroatoms. The van der Waals surface area contributed by atoms with Gasteiger partial charge in [0.2, 0.25) is 5.17 Å². The molecule has 2 aliphatic heterocycles. The van der Waals surface area contributed by atoms with Crippen molar-refractivity contribution in [3.63, 3.8) is 0 Å². The Morgan fingerprint density at radius 2 is 1.68 bits per heavy atom. The van der Waals surface area contributed by atoms with Crippen molar-refractivity contribution in [3.05, 3.63) is 101 Å². The second-order valence-corrected chi connectivity index (χ2v) is 11.0. The predicted octanol–water partition coefficient (Wildman–Crippen LogP) is 7.24. The van der Waals surface area contributed by atoms with Gasteiger partial charge in [-0.25, -0.2) is 0 Å². The van der Waals surface area contributed by atoms with E-state index in [2.05, 4.69) is 29.2 Å². The summed E-state index contributed by atoms with van der Waals surface area (Å²) in [6.07, 6.45) is 7.80. The number of rotatable bonds is 12. The second-order valence-electron chi connectivity index (χ2n) is 10.0. The van der Waals surface area contributed by atoms with Gasteiger partial charge in [-0.15, -0.1) is 0 Å². The van der Waals surface area contributed by atoms with Crippen LogP contribution in [0.2, 0.25) is 0 Å². The highest BCUT2D eigenvalue weighted by molar-refractivity contribution is 8.27. The lowest BCUT2D eigenvalue weighted by Crippen LogP contribution is -2.35. The van der Waals surface area contributed by atoms with Gasteiger partial charge in [0.05, 0.1) is 5.57 Å². The van der Waals surface area contributed by atoms with Crippen LogP contribution in [0, 0.1) is 12.3 Å². The van der Waals surface area contributed by atoms with Crippen LogP contribution in [0.5, 0.6) is 11.5 Å². The first kappa shape index (κ1) is 28.4. The summed E-state index contributed by atoms with van der Waals surface area (Å²) in [5.74, 6) is 1.02. The Morgan fingerprint density at radius 1 is 0.927 bits per heavy atom. The number of thioether (sulfide) groups is 1. The molecule has 1 N–H and O–H groups in total. The summed E-state index contributed by atoms with van der Waals surface area (Å²) in [6.45, 7) is 5.04. The molecule has 0 atom stereocenters. The van der Waals surface area contributed by atoms with Gasteiger partial charge in [-0.1, -0.05) is 80.3 Å². The molecule has 0 unspecified atom stereocenters. The van der Waals surface area contributed by atoms with Gasteiger partial charge in [-0.2, -0.15) is 15.1 Å². The first-order valence-electron chi connectivity index (χ1n) is 14.0. The summed E-state index contributed by atoms with van der Waals surface area (Å²) in [4.78, 5) is 17.0. The molecule has 0 aromatic heterocycles. The van der Waals surface area contributed by atoms with Gasteiger partial charge < -0.3 is 9.47 Å². The minimum Gasteiger partial charge on any atom is -0.490 e. The van der Waals surface area contributed by atoms with E-state index in [1.807, 2.05) is 67.6 Å². The van der Waals surface area contributed by atoms with Gasteiger partial charge in [0.15, 0.2) is 5.84 Å². The van der Waals surface area contributed by atoms with Crippen molar-refractivity contribution >= 4 is 39.8 Å². The van der Waals surface area contributed by atoms with E-state index in [0.29, 0.717) is 29.2 Å². The van der Waals surface area contributed by atoms with Gasteiger partial charge in [-0.3, -0.25) is 10.2 Å². The van der Waals surface area contributed by atoms with Gasteiger partial charge in [-0.05, 0) is 73.0 Å². The summed E-state index contributed by atoms with van der Waals surface area (Å²) >= 11 is 1.29. The van der Waals surface area contributed by atoms with Gasteiger partial charge >= 0.3 is 0 Å². The van der Waals surface area contributed by atoms with E-state index in [0.717, 1.165) is 28.9 Å². The molecule has 0 aliphatic carbocycles. The van der Waals surface area contributed by atoms with E-state index in [9.17, 15) is 4.79 Å². The Bertz CT molecular complexity index is 1490. The highest BCUT2D eigenvalue weighted by Crippen LogP contribution is 2.31. The molecule has 0 saturated heterocycles. The Kier molecular flexibility index (Phi) is 9.31. The minimum atomic E-state index is -0.458. The molecule has 3 aromatic rings. The molecule has 41 heavy (non-hydrogen) atoms. The normalized spacial score (nSPS) is 15.6. The maximum atomic E-state index is 12.8. The standard InChI is InChI=1S/C33H34N4O3S/c1-3-4-5-6-8-24-13-17-27(18-14-24)39-19-20-40-28-10-7-9-25(21-28)22-29-30(34)37-33(35-31(29)38)41-32(36-37)26-15-11-23(2)12-16-26/h7,9-18,21-22,34H,3-6,8,19-20H2,1-2H3/b29-22-,34-30?. The van der Waals surface area contributed by atoms with Crippen LogP contribution in [0.15, 0.2) is 88.5 Å². The van der Waals surface area contributed by atoms with Crippen molar-refractivity contribution in [2.45, 2.75) is 46.0 Å². The molecular formula is C33H34N4O3S. The number of amides is 1. The van der Waals surface area contributed by atoms with Crippen LogP contribution in [0.1, 0.15) is 54.9 Å². The second kappa shape index (κ2) is 13.5. The quantitative estimate of drug-likeness (QED) is 0.184. The fraction of sp³-hybridized carbons (Fsp3) is 0.273. The van der Waals surface area contributed by atoms with Crippen LogP contribution >= 0.6 is 11.8 Å². The molecule has 1 amide bonds. The van der Waals surface area contributed by atoms with Crippen LogP contribution in [0.3, 0.4) is 0 Å². The number of fused-ring (bicyclic) bond motifs is 1. The van der Waals surface area contributed by atoms with Crippen molar-refractivity contribution in [2.24, 2.45) is 10.1 Å². The zero-order valence-corrected chi connectivity index (χ0v) is 24.2. The molecule has 0 spiro atoms.